The number of aliphatic hydroxyl groups is 1. The van der Waals surface area contributed by atoms with Gasteiger partial charge in [-0.05, 0) is 99.0 Å². The number of Topliss-reactive ketones (excluding diaryl/α,β-unsaturated/α-hetero) is 1. The van der Waals surface area contributed by atoms with Crippen LogP contribution in [-0.4, -0.2) is 32.0 Å². The Hall–Kier alpha value is -1.82. The lowest BCUT2D eigenvalue weighted by atomic mass is 9.50. The van der Waals surface area contributed by atoms with E-state index in [0.29, 0.717) is 34.7 Å². The van der Waals surface area contributed by atoms with Crippen molar-refractivity contribution in [2.45, 2.75) is 84.8 Å². The quantitative estimate of drug-likeness (QED) is 0.633. The Morgan fingerprint density at radius 2 is 2.06 bits per heavy atom. The van der Waals surface area contributed by atoms with Gasteiger partial charge in [0, 0.05) is 12.0 Å². The van der Waals surface area contributed by atoms with Crippen LogP contribution in [0.5, 0.6) is 0 Å². The minimum Gasteiger partial charge on any atom is -0.393 e. The monoisotopic (exact) mass is 455 g/mol. The predicted octanol–water partition coefficient (Wildman–Crippen LogP) is 5.41. The summed E-state index contributed by atoms with van der Waals surface area (Å²) in [7, 11) is 0. The van der Waals surface area contributed by atoms with Gasteiger partial charge < -0.3 is 5.11 Å². The summed E-state index contributed by atoms with van der Waals surface area (Å²) in [4.78, 5) is 13.5. The fourth-order valence-electron chi connectivity index (χ4n) is 8.44. The van der Waals surface area contributed by atoms with Crippen molar-refractivity contribution in [3.63, 3.8) is 0 Å². The molecule has 0 bridgehead atoms. The molecule has 33 heavy (non-hydrogen) atoms. The first-order chi connectivity index (χ1) is 15.8. The molecular weight excluding hydrogens is 417 g/mol. The van der Waals surface area contributed by atoms with Crippen molar-refractivity contribution >= 4 is 16.8 Å². The van der Waals surface area contributed by atoms with E-state index in [1.54, 1.807) is 10.7 Å². The Morgan fingerprint density at radius 3 is 2.82 bits per heavy atom. The molecule has 0 aliphatic heterocycles. The van der Waals surface area contributed by atoms with Gasteiger partial charge in [0.25, 0.3) is 0 Å². The fourth-order valence-corrected chi connectivity index (χ4v) is 8.44. The molecule has 1 N–H and O–H groups in total. The molecule has 0 saturated heterocycles. The van der Waals surface area contributed by atoms with Crippen LogP contribution in [0.4, 0.5) is 4.39 Å². The van der Waals surface area contributed by atoms with Crippen LogP contribution in [0.15, 0.2) is 18.2 Å². The number of carbonyl (C=O) groups excluding carboxylic acids is 1. The van der Waals surface area contributed by atoms with Crippen LogP contribution in [0.25, 0.3) is 11.0 Å². The highest BCUT2D eigenvalue weighted by molar-refractivity contribution is 5.84. The lowest BCUT2D eigenvalue weighted by Gasteiger charge is -2.54. The number of carbonyl (C=O) groups is 1. The number of fused-ring (bicyclic) bond motifs is 4. The van der Waals surface area contributed by atoms with Crippen molar-refractivity contribution in [3.05, 3.63) is 24.0 Å². The summed E-state index contributed by atoms with van der Waals surface area (Å²) < 4.78 is 15.3. The summed E-state index contributed by atoms with van der Waals surface area (Å²) in [6, 6.07) is 4.41. The van der Waals surface area contributed by atoms with Gasteiger partial charge in [0.1, 0.15) is 17.9 Å². The number of benzene rings is 1. The van der Waals surface area contributed by atoms with Crippen LogP contribution in [-0.2, 0) is 11.3 Å². The first kappa shape index (κ1) is 22.9. The third-order valence-corrected chi connectivity index (χ3v) is 9.80. The number of nitrogens with zero attached hydrogens (tertiary/aromatic N) is 3. The highest BCUT2D eigenvalue weighted by Crippen LogP contribution is 2.63. The van der Waals surface area contributed by atoms with Gasteiger partial charge in [-0.1, -0.05) is 25.5 Å². The number of hydrogen-bond donors (Lipinski definition) is 1. The maximum atomic E-state index is 13.8. The zero-order valence-corrected chi connectivity index (χ0v) is 20.2. The summed E-state index contributed by atoms with van der Waals surface area (Å²) >= 11 is 0. The Kier molecular flexibility index (Phi) is 6.09. The molecule has 2 aromatic rings. The second-order valence-electron chi connectivity index (χ2n) is 11.4. The normalized spacial score (nSPS) is 37.0. The molecule has 1 heterocycles. The number of aliphatic hydroxyl groups excluding tert-OH is 1. The molecule has 5 nitrogen and oxygen atoms in total. The molecule has 1 aromatic carbocycles. The average molecular weight is 456 g/mol. The van der Waals surface area contributed by atoms with Gasteiger partial charge >= 0.3 is 0 Å². The Labute approximate surface area is 196 Å². The molecule has 3 aliphatic rings. The van der Waals surface area contributed by atoms with E-state index in [4.69, 9.17) is 0 Å². The van der Waals surface area contributed by atoms with Gasteiger partial charge in [0.2, 0.25) is 0 Å². The van der Waals surface area contributed by atoms with Gasteiger partial charge in [0.05, 0.1) is 11.6 Å². The zero-order valence-electron chi connectivity index (χ0n) is 20.2. The lowest BCUT2D eigenvalue weighted by Crippen LogP contribution is -2.48. The Morgan fingerprint density at radius 1 is 1.24 bits per heavy atom. The fraction of sp³-hybridized carbons (Fsp3) is 0.741. The van der Waals surface area contributed by atoms with E-state index in [-0.39, 0.29) is 35.6 Å². The predicted molar refractivity (Wildman–Crippen MR) is 126 cm³/mol. The number of hydrogen-bond acceptors (Lipinski definition) is 4. The van der Waals surface area contributed by atoms with Crippen LogP contribution < -0.4 is 0 Å². The van der Waals surface area contributed by atoms with Crippen molar-refractivity contribution in [2.75, 3.05) is 0 Å². The molecule has 3 aliphatic carbocycles. The largest absolute Gasteiger partial charge is 0.393 e. The van der Waals surface area contributed by atoms with Gasteiger partial charge in [-0.3, -0.25) is 4.79 Å². The number of halogens is 1. The second kappa shape index (κ2) is 8.75. The van der Waals surface area contributed by atoms with Gasteiger partial charge in [0.15, 0.2) is 5.78 Å². The first-order valence-corrected chi connectivity index (χ1v) is 13.0. The molecule has 1 aromatic heterocycles. The molecule has 3 fully saturated rings. The number of aromatic nitrogens is 3. The summed E-state index contributed by atoms with van der Waals surface area (Å²) in [6.45, 7) is 6.79. The van der Waals surface area contributed by atoms with Crippen LogP contribution >= 0.6 is 0 Å². The highest BCUT2D eigenvalue weighted by atomic mass is 19.1. The molecule has 8 atom stereocenters. The summed E-state index contributed by atoms with van der Waals surface area (Å²) in [6.07, 6.45) is 8.77. The lowest BCUT2D eigenvalue weighted by molar-refractivity contribution is -0.130. The molecule has 180 valence electrons. The smallest absolute Gasteiger partial charge is 0.157 e. The molecule has 0 spiro atoms. The Bertz CT molecular complexity index is 1020. The molecule has 0 radical (unpaired) electrons. The van der Waals surface area contributed by atoms with E-state index in [1.165, 1.54) is 37.8 Å². The average Bonchev–Trinajstić information content (AvgIpc) is 3.33. The summed E-state index contributed by atoms with van der Waals surface area (Å²) in [5.74, 6) is 3.34. The number of rotatable bonds is 6. The summed E-state index contributed by atoms with van der Waals surface area (Å²) in [5, 5.41) is 18.3. The van der Waals surface area contributed by atoms with E-state index < -0.39 is 0 Å². The molecule has 5 rings (SSSR count). The van der Waals surface area contributed by atoms with Crippen LogP contribution in [0, 0.1) is 46.7 Å². The van der Waals surface area contributed by atoms with E-state index in [9.17, 15) is 14.3 Å². The topological polar surface area (TPSA) is 68.0 Å². The van der Waals surface area contributed by atoms with Gasteiger partial charge in [-0.25, -0.2) is 9.07 Å². The van der Waals surface area contributed by atoms with Crippen molar-refractivity contribution < 1.29 is 14.3 Å². The minimum atomic E-state index is -0.332. The van der Waals surface area contributed by atoms with Gasteiger partial charge in [-0.2, -0.15) is 0 Å². The second-order valence-corrected chi connectivity index (χ2v) is 11.4. The van der Waals surface area contributed by atoms with Gasteiger partial charge in [-0.15, -0.1) is 5.10 Å². The third kappa shape index (κ3) is 3.92. The maximum Gasteiger partial charge on any atom is 0.157 e. The standard InChI is InChI=1S/C27H38FN3O2/c1-4-19-17(13-16(2)32)5-7-21-20(19)11-12-27(3)22(21)8-9-23(27)26(33)15-31-25-14-18(28)6-10-24(25)29-30-31/h6,10,14,16-17,19-23,32H,4-5,7-9,11-13,15H2,1-3H3. The Balaban J connectivity index is 1.33. The minimum absolute atomic E-state index is 0.0477. The third-order valence-electron chi connectivity index (χ3n) is 9.80. The van der Waals surface area contributed by atoms with Crippen molar-refractivity contribution in [1.82, 2.24) is 15.0 Å². The van der Waals surface area contributed by atoms with Crippen LogP contribution in [0.2, 0.25) is 0 Å². The van der Waals surface area contributed by atoms with E-state index in [0.717, 1.165) is 31.6 Å². The molecule has 8 unspecified atom stereocenters. The highest BCUT2D eigenvalue weighted by Gasteiger charge is 2.57. The van der Waals surface area contributed by atoms with Crippen LogP contribution in [0.3, 0.4) is 0 Å². The molecule has 3 saturated carbocycles. The summed E-state index contributed by atoms with van der Waals surface area (Å²) in [5.41, 5.74) is 1.27. The molecule has 6 heteroatoms. The van der Waals surface area contributed by atoms with E-state index in [2.05, 4.69) is 24.2 Å². The SMILES string of the molecule is CCC1C(CC(C)O)CCC2C1CCC1(C)C(C(=O)Cn3nnc4ccc(F)cc43)CCC21. The maximum absolute atomic E-state index is 13.8. The number of ketones is 1. The molecular formula is C27H38FN3O2. The van der Waals surface area contributed by atoms with E-state index in [1.807, 2.05) is 6.92 Å². The van der Waals surface area contributed by atoms with Crippen molar-refractivity contribution in [2.24, 2.45) is 40.9 Å². The van der Waals surface area contributed by atoms with E-state index >= 15 is 0 Å². The van der Waals surface area contributed by atoms with Crippen LogP contribution in [0.1, 0.15) is 72.1 Å². The van der Waals surface area contributed by atoms with Crippen molar-refractivity contribution in [1.29, 1.82) is 0 Å². The zero-order chi connectivity index (χ0) is 23.3. The van der Waals surface area contributed by atoms with Crippen molar-refractivity contribution in [3.8, 4) is 0 Å². The molecule has 0 amide bonds. The first-order valence-electron chi connectivity index (χ1n) is 13.0.